The van der Waals surface area contributed by atoms with Gasteiger partial charge >= 0.3 is 179 Å². The molecule has 0 bridgehead atoms. The summed E-state index contributed by atoms with van der Waals surface area (Å²) in [7, 11) is 0. The second-order valence-corrected chi connectivity index (χ2v) is 9.85. The van der Waals surface area contributed by atoms with Gasteiger partial charge in [-0.15, -0.1) is 0 Å². The fourth-order valence-corrected chi connectivity index (χ4v) is 7.38. The van der Waals surface area contributed by atoms with E-state index in [1.54, 1.807) is 0 Å². The van der Waals surface area contributed by atoms with Crippen LogP contribution in [0.15, 0.2) is 97.2 Å². The van der Waals surface area contributed by atoms with Crippen molar-refractivity contribution in [2.45, 2.75) is 0 Å². The molecule has 30 heavy (non-hydrogen) atoms. The minimum atomic E-state index is 0.201. The molecular formula is C27H16N2Se. The molecule has 3 heterocycles. The average Bonchev–Trinajstić information content (AvgIpc) is 3.07. The maximum atomic E-state index is 4.93. The van der Waals surface area contributed by atoms with E-state index >= 15 is 0 Å². The normalized spacial score (nSPS) is 12.0. The van der Waals surface area contributed by atoms with Gasteiger partial charge in [-0.1, -0.05) is 0 Å². The summed E-state index contributed by atoms with van der Waals surface area (Å²) in [6.45, 7) is 0. The molecular weight excluding hydrogens is 431 g/mol. The summed E-state index contributed by atoms with van der Waals surface area (Å²) in [6, 6.07) is 32.8. The molecule has 7 rings (SSSR count). The number of benzene rings is 4. The fraction of sp³-hybridized carbons (Fsp3) is 0. The van der Waals surface area contributed by atoms with Gasteiger partial charge in [0.25, 0.3) is 0 Å². The molecule has 0 aliphatic heterocycles. The Bertz CT molecular complexity index is 1740. The molecule has 0 spiro atoms. The first-order valence-electron chi connectivity index (χ1n) is 10.1. The molecule has 0 aliphatic rings. The zero-order chi connectivity index (χ0) is 19.7. The molecule has 7 aromatic rings. The van der Waals surface area contributed by atoms with Crippen LogP contribution in [0.4, 0.5) is 0 Å². The number of hydrogen-bond acceptors (Lipinski definition) is 1. The Kier molecular flexibility index (Phi) is 3.31. The Labute approximate surface area is 178 Å². The van der Waals surface area contributed by atoms with Crippen molar-refractivity contribution in [2.24, 2.45) is 0 Å². The van der Waals surface area contributed by atoms with Crippen molar-refractivity contribution in [3.05, 3.63) is 97.2 Å². The molecule has 2 nitrogen and oxygen atoms in total. The number of para-hydroxylation sites is 1. The zero-order valence-electron chi connectivity index (χ0n) is 16.0. The Morgan fingerprint density at radius 2 is 1.47 bits per heavy atom. The summed E-state index contributed by atoms with van der Waals surface area (Å²) in [5.41, 5.74) is 4.80. The molecule has 0 saturated heterocycles. The van der Waals surface area contributed by atoms with E-state index in [-0.39, 0.29) is 14.5 Å². The Balaban J connectivity index is 1.82. The van der Waals surface area contributed by atoms with Gasteiger partial charge in [-0.05, 0) is 0 Å². The topological polar surface area (TPSA) is 17.8 Å². The fourth-order valence-electron chi connectivity index (χ4n) is 4.77. The van der Waals surface area contributed by atoms with E-state index in [0.29, 0.717) is 0 Å². The molecule has 3 heteroatoms. The van der Waals surface area contributed by atoms with Crippen LogP contribution >= 0.6 is 0 Å². The van der Waals surface area contributed by atoms with Crippen LogP contribution in [0.5, 0.6) is 0 Å². The molecule has 4 aromatic carbocycles. The van der Waals surface area contributed by atoms with Crippen molar-refractivity contribution >= 4 is 66.5 Å². The number of pyridine rings is 1. The predicted octanol–water partition coefficient (Wildman–Crippen LogP) is 6.70. The minimum absolute atomic E-state index is 0.201. The Hall–Kier alpha value is -3.39. The van der Waals surface area contributed by atoms with E-state index in [9.17, 15) is 0 Å². The average molecular weight is 447 g/mol. The first kappa shape index (κ1) is 16.4. The van der Waals surface area contributed by atoms with E-state index in [4.69, 9.17) is 4.98 Å². The van der Waals surface area contributed by atoms with Gasteiger partial charge in [-0.25, -0.2) is 0 Å². The molecule has 0 unspecified atom stereocenters. The third-order valence-corrected chi connectivity index (χ3v) is 8.55. The van der Waals surface area contributed by atoms with Crippen LogP contribution in [0.3, 0.4) is 0 Å². The van der Waals surface area contributed by atoms with Gasteiger partial charge in [0.2, 0.25) is 0 Å². The van der Waals surface area contributed by atoms with E-state index in [0.717, 1.165) is 5.52 Å². The molecule has 140 valence electrons. The van der Waals surface area contributed by atoms with Crippen LogP contribution in [0.25, 0.3) is 57.7 Å². The van der Waals surface area contributed by atoms with Gasteiger partial charge in [0.1, 0.15) is 0 Å². The number of hydrogen-bond donors (Lipinski definition) is 0. The molecule has 0 aliphatic carbocycles. The quantitative estimate of drug-likeness (QED) is 0.256. The van der Waals surface area contributed by atoms with Crippen molar-refractivity contribution in [3.8, 4) is 5.69 Å². The van der Waals surface area contributed by atoms with Gasteiger partial charge in [0.15, 0.2) is 0 Å². The molecule has 0 atom stereocenters. The van der Waals surface area contributed by atoms with Crippen LogP contribution in [-0.2, 0) is 0 Å². The number of fused-ring (bicyclic) bond motifs is 4. The predicted molar refractivity (Wildman–Crippen MR) is 128 cm³/mol. The zero-order valence-corrected chi connectivity index (χ0v) is 17.8. The van der Waals surface area contributed by atoms with Gasteiger partial charge in [-0.2, -0.15) is 0 Å². The monoisotopic (exact) mass is 448 g/mol. The van der Waals surface area contributed by atoms with Gasteiger partial charge < -0.3 is 0 Å². The van der Waals surface area contributed by atoms with Gasteiger partial charge in [0, 0.05) is 0 Å². The number of rotatable bonds is 1. The van der Waals surface area contributed by atoms with Crippen molar-refractivity contribution in [1.82, 2.24) is 9.55 Å². The standard InChI is InChI=1S/C27H16N2Se/c1-2-8-18(9-3-1)29-21-11-6-12-23-24(21)25-22(29)15-16-28-26(25)20-14-13-17-7-4-5-10-19(17)27(20)30-23/h1-16H. The first-order chi connectivity index (χ1) is 14.9. The van der Waals surface area contributed by atoms with Crippen molar-refractivity contribution < 1.29 is 0 Å². The molecule has 0 amide bonds. The molecule has 0 saturated carbocycles. The van der Waals surface area contributed by atoms with E-state index in [2.05, 4.69) is 95.6 Å². The van der Waals surface area contributed by atoms with E-state index in [1.165, 1.54) is 52.2 Å². The van der Waals surface area contributed by atoms with Crippen molar-refractivity contribution in [2.75, 3.05) is 0 Å². The number of nitrogens with zero attached hydrogens (tertiary/aromatic N) is 2. The summed E-state index contributed by atoms with van der Waals surface area (Å²) >= 11 is 0.201. The SMILES string of the molecule is c1ccc(-n2c3cccc4[se]c5c6ccccc6ccc5c5nccc2c5c43)cc1. The van der Waals surface area contributed by atoms with E-state index < -0.39 is 0 Å². The molecule has 0 fully saturated rings. The van der Waals surface area contributed by atoms with Gasteiger partial charge in [-0.3, -0.25) is 0 Å². The van der Waals surface area contributed by atoms with Crippen LogP contribution < -0.4 is 0 Å². The Morgan fingerprint density at radius 1 is 0.633 bits per heavy atom. The first-order valence-corrected chi connectivity index (χ1v) is 11.8. The summed E-state index contributed by atoms with van der Waals surface area (Å²) in [5.74, 6) is 0. The summed E-state index contributed by atoms with van der Waals surface area (Å²) in [4.78, 5) is 4.93. The summed E-state index contributed by atoms with van der Waals surface area (Å²) in [6.07, 6.45) is 1.97. The number of aromatic nitrogens is 2. The van der Waals surface area contributed by atoms with Crippen LogP contribution in [0.1, 0.15) is 0 Å². The maximum absolute atomic E-state index is 4.93. The van der Waals surface area contributed by atoms with E-state index in [1.807, 2.05) is 6.20 Å². The third-order valence-electron chi connectivity index (χ3n) is 6.03. The Morgan fingerprint density at radius 3 is 2.40 bits per heavy atom. The third kappa shape index (κ3) is 2.11. The van der Waals surface area contributed by atoms with Crippen molar-refractivity contribution in [3.63, 3.8) is 0 Å². The van der Waals surface area contributed by atoms with Gasteiger partial charge in [0.05, 0.1) is 0 Å². The molecule has 3 aromatic heterocycles. The van der Waals surface area contributed by atoms with Crippen LogP contribution in [-0.4, -0.2) is 24.1 Å². The summed E-state index contributed by atoms with van der Waals surface area (Å²) < 4.78 is 5.26. The summed E-state index contributed by atoms with van der Waals surface area (Å²) in [5, 5.41) is 6.58. The molecule has 0 N–H and O–H groups in total. The van der Waals surface area contributed by atoms with Crippen molar-refractivity contribution in [1.29, 1.82) is 0 Å². The second kappa shape index (κ2) is 6.06. The molecule has 0 radical (unpaired) electrons. The van der Waals surface area contributed by atoms with Crippen LogP contribution in [0.2, 0.25) is 0 Å². The second-order valence-electron chi connectivity index (χ2n) is 7.64. The van der Waals surface area contributed by atoms with Crippen LogP contribution in [0, 0.1) is 0 Å².